The molecule has 0 aliphatic carbocycles. The Hall–Kier alpha value is -1.19. The molecule has 1 fully saturated rings. The molecule has 0 unspecified atom stereocenters. The van der Waals surface area contributed by atoms with E-state index in [1.807, 2.05) is 11.3 Å². The quantitative estimate of drug-likeness (QED) is 0.888. The lowest BCUT2D eigenvalue weighted by Crippen LogP contribution is -2.26. The van der Waals surface area contributed by atoms with Crippen molar-refractivity contribution in [1.29, 1.82) is 0 Å². The first-order chi connectivity index (χ1) is 10.8. The lowest BCUT2D eigenvalue weighted by molar-refractivity contribution is 0.463. The number of aromatic nitrogens is 1. The molecule has 0 spiro atoms. The van der Waals surface area contributed by atoms with Crippen LogP contribution in [0.4, 0.5) is 0 Å². The Morgan fingerprint density at radius 3 is 2.64 bits per heavy atom. The summed E-state index contributed by atoms with van der Waals surface area (Å²) in [5.41, 5.74) is 4.16. The lowest BCUT2D eigenvalue weighted by Gasteiger charge is -2.22. The number of rotatable bonds is 5. The molecule has 1 aliphatic heterocycles. The van der Waals surface area contributed by atoms with Gasteiger partial charge < -0.3 is 5.32 Å². The average Bonchev–Trinajstić information content (AvgIpc) is 2.98. The molecule has 1 N–H and O–H groups in total. The Balaban J connectivity index is 1.80. The third kappa shape index (κ3) is 3.58. The van der Waals surface area contributed by atoms with E-state index in [1.54, 1.807) is 4.88 Å². The van der Waals surface area contributed by atoms with Crippen LogP contribution in [-0.4, -0.2) is 18.1 Å². The maximum absolute atomic E-state index is 4.95. The van der Waals surface area contributed by atoms with Gasteiger partial charge in [-0.05, 0) is 55.8 Å². The predicted octanol–water partition coefficient (Wildman–Crippen LogP) is 4.33. The van der Waals surface area contributed by atoms with Gasteiger partial charge >= 0.3 is 0 Å². The summed E-state index contributed by atoms with van der Waals surface area (Å²) < 4.78 is 0. The molecule has 1 saturated heterocycles. The fourth-order valence-corrected chi connectivity index (χ4v) is 4.64. The SMILES string of the molecule is CCc1cccc(Cc2nc(CC)c(C3CCNCC3)s2)c1. The van der Waals surface area contributed by atoms with Crippen LogP contribution >= 0.6 is 11.3 Å². The van der Waals surface area contributed by atoms with E-state index in [-0.39, 0.29) is 0 Å². The zero-order valence-electron chi connectivity index (χ0n) is 13.7. The molecule has 0 radical (unpaired) electrons. The minimum atomic E-state index is 0.726. The van der Waals surface area contributed by atoms with E-state index in [0.717, 1.165) is 38.3 Å². The van der Waals surface area contributed by atoms with Crippen LogP contribution in [0.25, 0.3) is 0 Å². The van der Waals surface area contributed by atoms with Gasteiger partial charge in [0.1, 0.15) is 0 Å². The molecule has 1 aliphatic rings. The van der Waals surface area contributed by atoms with Crippen molar-refractivity contribution in [2.45, 2.75) is 51.9 Å². The third-order valence-corrected chi connectivity index (χ3v) is 5.83. The third-order valence-electron chi connectivity index (χ3n) is 4.57. The molecule has 1 aromatic heterocycles. The van der Waals surface area contributed by atoms with Crippen LogP contribution in [0.3, 0.4) is 0 Å². The highest BCUT2D eigenvalue weighted by Gasteiger charge is 2.21. The van der Waals surface area contributed by atoms with Crippen LogP contribution in [0, 0.1) is 0 Å². The highest BCUT2D eigenvalue weighted by atomic mass is 32.1. The molecule has 3 heteroatoms. The van der Waals surface area contributed by atoms with Gasteiger partial charge in [0.15, 0.2) is 0 Å². The van der Waals surface area contributed by atoms with E-state index >= 15 is 0 Å². The summed E-state index contributed by atoms with van der Waals surface area (Å²) in [6.45, 7) is 6.76. The Morgan fingerprint density at radius 2 is 1.91 bits per heavy atom. The summed E-state index contributed by atoms with van der Waals surface area (Å²) in [5.74, 6) is 0.726. The molecule has 0 atom stereocenters. The smallest absolute Gasteiger partial charge is 0.0975 e. The van der Waals surface area contributed by atoms with Crippen LogP contribution in [0.1, 0.15) is 59.3 Å². The van der Waals surface area contributed by atoms with Gasteiger partial charge in [0.2, 0.25) is 0 Å². The van der Waals surface area contributed by atoms with Crippen molar-refractivity contribution in [3.05, 3.63) is 51.0 Å². The molecule has 2 aromatic rings. The van der Waals surface area contributed by atoms with Crippen LogP contribution in [0.2, 0.25) is 0 Å². The number of benzene rings is 1. The molecule has 0 bridgehead atoms. The van der Waals surface area contributed by atoms with Gasteiger partial charge in [0, 0.05) is 11.3 Å². The number of hydrogen-bond donors (Lipinski definition) is 1. The fourth-order valence-electron chi connectivity index (χ4n) is 3.28. The topological polar surface area (TPSA) is 24.9 Å². The highest BCUT2D eigenvalue weighted by molar-refractivity contribution is 7.11. The van der Waals surface area contributed by atoms with Crippen molar-refractivity contribution in [3.8, 4) is 0 Å². The largest absolute Gasteiger partial charge is 0.317 e. The summed E-state index contributed by atoms with van der Waals surface area (Å²) in [6.07, 6.45) is 5.67. The van der Waals surface area contributed by atoms with Crippen LogP contribution in [-0.2, 0) is 19.3 Å². The molecule has 2 heterocycles. The number of hydrogen-bond acceptors (Lipinski definition) is 3. The molecular formula is C19H26N2S. The van der Waals surface area contributed by atoms with E-state index in [0.29, 0.717) is 0 Å². The lowest BCUT2D eigenvalue weighted by atomic mass is 9.95. The second kappa shape index (κ2) is 7.38. The number of nitrogens with one attached hydrogen (secondary N) is 1. The first kappa shape index (κ1) is 15.7. The van der Waals surface area contributed by atoms with Crippen molar-refractivity contribution in [3.63, 3.8) is 0 Å². The Morgan fingerprint density at radius 1 is 1.14 bits per heavy atom. The summed E-state index contributed by atoms with van der Waals surface area (Å²) in [4.78, 5) is 6.51. The second-order valence-electron chi connectivity index (χ2n) is 6.15. The molecule has 0 amide bonds. The van der Waals surface area contributed by atoms with Gasteiger partial charge in [-0.15, -0.1) is 11.3 Å². The summed E-state index contributed by atoms with van der Waals surface area (Å²) >= 11 is 1.96. The van der Waals surface area contributed by atoms with E-state index < -0.39 is 0 Å². The first-order valence-electron chi connectivity index (χ1n) is 8.57. The van der Waals surface area contributed by atoms with Gasteiger partial charge in [-0.3, -0.25) is 0 Å². The summed E-state index contributed by atoms with van der Waals surface area (Å²) in [7, 11) is 0. The van der Waals surface area contributed by atoms with Crippen molar-refractivity contribution in [2.75, 3.05) is 13.1 Å². The molecular weight excluding hydrogens is 288 g/mol. The molecule has 3 rings (SSSR count). The predicted molar refractivity (Wildman–Crippen MR) is 95.0 cm³/mol. The zero-order valence-corrected chi connectivity index (χ0v) is 14.5. The molecule has 22 heavy (non-hydrogen) atoms. The van der Waals surface area contributed by atoms with Crippen LogP contribution < -0.4 is 5.32 Å². The van der Waals surface area contributed by atoms with Crippen LogP contribution in [0.5, 0.6) is 0 Å². The molecule has 118 valence electrons. The average molecular weight is 314 g/mol. The number of piperidine rings is 1. The minimum absolute atomic E-state index is 0.726. The van der Waals surface area contributed by atoms with Gasteiger partial charge in [-0.25, -0.2) is 4.98 Å². The Bertz CT molecular complexity index is 612. The number of nitrogens with zero attached hydrogens (tertiary/aromatic N) is 1. The van der Waals surface area contributed by atoms with Crippen molar-refractivity contribution < 1.29 is 0 Å². The molecule has 0 saturated carbocycles. The minimum Gasteiger partial charge on any atom is -0.317 e. The summed E-state index contributed by atoms with van der Waals surface area (Å²) in [5, 5.41) is 4.76. The van der Waals surface area contributed by atoms with Gasteiger partial charge in [-0.2, -0.15) is 0 Å². The first-order valence-corrected chi connectivity index (χ1v) is 9.38. The monoisotopic (exact) mass is 314 g/mol. The van der Waals surface area contributed by atoms with Gasteiger partial charge in [-0.1, -0.05) is 38.1 Å². The fraction of sp³-hybridized carbons (Fsp3) is 0.526. The summed E-state index contributed by atoms with van der Waals surface area (Å²) in [6, 6.07) is 8.95. The maximum atomic E-state index is 4.95. The Kier molecular flexibility index (Phi) is 5.27. The highest BCUT2D eigenvalue weighted by Crippen LogP contribution is 2.34. The standard InChI is InChI=1S/C19H26N2S/c1-3-14-6-5-7-15(12-14)13-18-21-17(4-2)19(22-18)16-8-10-20-11-9-16/h5-7,12,16,20H,3-4,8-11,13H2,1-2H3. The molecule has 2 nitrogen and oxygen atoms in total. The van der Waals surface area contributed by atoms with Crippen molar-refractivity contribution >= 4 is 11.3 Å². The van der Waals surface area contributed by atoms with E-state index in [4.69, 9.17) is 4.98 Å². The number of aryl methyl sites for hydroxylation is 2. The van der Waals surface area contributed by atoms with Crippen LogP contribution in [0.15, 0.2) is 24.3 Å². The number of thiazole rings is 1. The van der Waals surface area contributed by atoms with Gasteiger partial charge in [0.25, 0.3) is 0 Å². The molecule has 1 aromatic carbocycles. The van der Waals surface area contributed by atoms with Gasteiger partial charge in [0.05, 0.1) is 10.7 Å². The van der Waals surface area contributed by atoms with E-state index in [2.05, 4.69) is 43.4 Å². The second-order valence-corrected chi connectivity index (χ2v) is 7.26. The maximum Gasteiger partial charge on any atom is 0.0975 e. The normalized spacial score (nSPS) is 16.1. The zero-order chi connectivity index (χ0) is 15.4. The van der Waals surface area contributed by atoms with E-state index in [1.165, 1.54) is 34.7 Å². The van der Waals surface area contributed by atoms with Crippen molar-refractivity contribution in [2.24, 2.45) is 0 Å². The Labute approximate surface area is 138 Å². The van der Waals surface area contributed by atoms with E-state index in [9.17, 15) is 0 Å². The van der Waals surface area contributed by atoms with Crippen molar-refractivity contribution in [1.82, 2.24) is 10.3 Å².